The minimum absolute atomic E-state index is 0.0324. The summed E-state index contributed by atoms with van der Waals surface area (Å²) in [4.78, 5) is 7.53. The van der Waals surface area contributed by atoms with Crippen LogP contribution in [0.15, 0.2) is 30.5 Å². The second-order valence-electron chi connectivity index (χ2n) is 3.11. The van der Waals surface area contributed by atoms with Crippen LogP contribution in [0.3, 0.4) is 0 Å². The maximum atomic E-state index is 8.87. The molecule has 2 rings (SSSR count). The van der Waals surface area contributed by atoms with Crippen molar-refractivity contribution >= 4 is 23.4 Å². The molecule has 0 bridgehead atoms. The molecule has 0 amide bonds. The number of aromatic nitrogens is 2. The third-order valence-corrected chi connectivity index (χ3v) is 2.17. The first kappa shape index (κ1) is 11.4. The molecule has 1 aromatic heterocycles. The van der Waals surface area contributed by atoms with Crippen LogP contribution in [0.4, 0.5) is 11.8 Å². The summed E-state index contributed by atoms with van der Waals surface area (Å²) in [7, 11) is 0. The number of benzene rings is 1. The van der Waals surface area contributed by atoms with Crippen LogP contribution in [0.25, 0.3) is 0 Å². The molecule has 0 saturated heterocycles. The van der Waals surface area contributed by atoms with Gasteiger partial charge in [0.15, 0.2) is 11.6 Å². The monoisotopic (exact) mass is 252 g/mol. The van der Waals surface area contributed by atoms with Gasteiger partial charge in [-0.1, -0.05) is 11.6 Å². The SMILES string of the molecule is Nc1ncc(Oc2ccc(Cl)cc2)c(NO)n1. The molecule has 88 valence electrons. The maximum absolute atomic E-state index is 8.87. The molecule has 7 heteroatoms. The third-order valence-electron chi connectivity index (χ3n) is 1.92. The Morgan fingerprint density at radius 3 is 2.65 bits per heavy atom. The van der Waals surface area contributed by atoms with Gasteiger partial charge in [0.1, 0.15) is 5.75 Å². The van der Waals surface area contributed by atoms with Crippen LogP contribution in [0.2, 0.25) is 5.02 Å². The lowest BCUT2D eigenvalue weighted by Crippen LogP contribution is -2.02. The average molecular weight is 253 g/mol. The van der Waals surface area contributed by atoms with E-state index in [1.807, 2.05) is 5.48 Å². The zero-order chi connectivity index (χ0) is 12.3. The molecule has 0 aliphatic carbocycles. The number of hydrogen-bond donors (Lipinski definition) is 3. The highest BCUT2D eigenvalue weighted by Gasteiger charge is 2.07. The Labute approximate surface area is 102 Å². The van der Waals surface area contributed by atoms with Gasteiger partial charge in [-0.25, -0.2) is 10.5 Å². The van der Waals surface area contributed by atoms with E-state index in [9.17, 15) is 0 Å². The fourth-order valence-corrected chi connectivity index (χ4v) is 1.29. The molecule has 0 radical (unpaired) electrons. The van der Waals surface area contributed by atoms with Gasteiger partial charge in [-0.2, -0.15) is 4.98 Å². The van der Waals surface area contributed by atoms with Gasteiger partial charge in [0, 0.05) is 5.02 Å². The van der Waals surface area contributed by atoms with Gasteiger partial charge < -0.3 is 10.5 Å². The molecule has 0 spiro atoms. The van der Waals surface area contributed by atoms with E-state index in [0.717, 1.165) is 0 Å². The minimum Gasteiger partial charge on any atom is -0.452 e. The molecule has 0 atom stereocenters. The van der Waals surface area contributed by atoms with Gasteiger partial charge in [-0.3, -0.25) is 5.21 Å². The molecule has 17 heavy (non-hydrogen) atoms. The van der Waals surface area contributed by atoms with Crippen molar-refractivity contribution in [1.29, 1.82) is 0 Å². The van der Waals surface area contributed by atoms with Crippen LogP contribution in [0.1, 0.15) is 0 Å². The number of rotatable bonds is 3. The molecular weight excluding hydrogens is 244 g/mol. The van der Waals surface area contributed by atoms with E-state index in [4.69, 9.17) is 27.3 Å². The Morgan fingerprint density at radius 2 is 2.00 bits per heavy atom. The van der Waals surface area contributed by atoms with Gasteiger partial charge in [0.2, 0.25) is 5.95 Å². The number of nitrogens with one attached hydrogen (secondary N) is 1. The fraction of sp³-hybridized carbons (Fsp3) is 0. The van der Waals surface area contributed by atoms with Crippen LogP contribution >= 0.6 is 11.6 Å². The van der Waals surface area contributed by atoms with Gasteiger partial charge >= 0.3 is 0 Å². The molecule has 0 aliphatic heterocycles. The number of anilines is 2. The second-order valence-corrected chi connectivity index (χ2v) is 3.55. The molecule has 1 heterocycles. The summed E-state index contributed by atoms with van der Waals surface area (Å²) < 4.78 is 5.45. The normalized spacial score (nSPS) is 10.0. The van der Waals surface area contributed by atoms with Gasteiger partial charge in [-0.05, 0) is 24.3 Å². The van der Waals surface area contributed by atoms with Crippen LogP contribution in [-0.4, -0.2) is 15.2 Å². The Balaban J connectivity index is 2.26. The maximum Gasteiger partial charge on any atom is 0.222 e. The molecule has 1 aromatic carbocycles. The summed E-state index contributed by atoms with van der Waals surface area (Å²) >= 11 is 5.74. The van der Waals surface area contributed by atoms with Crippen LogP contribution in [0, 0.1) is 0 Å². The van der Waals surface area contributed by atoms with Gasteiger partial charge in [-0.15, -0.1) is 0 Å². The van der Waals surface area contributed by atoms with Crippen molar-refractivity contribution in [3.8, 4) is 11.5 Å². The third kappa shape index (κ3) is 2.74. The molecule has 0 saturated carbocycles. The number of ether oxygens (including phenoxy) is 1. The van der Waals surface area contributed by atoms with Crippen molar-refractivity contribution in [3.05, 3.63) is 35.5 Å². The Hall–Kier alpha value is -2.05. The molecule has 0 unspecified atom stereocenters. The zero-order valence-electron chi connectivity index (χ0n) is 8.59. The first-order valence-electron chi connectivity index (χ1n) is 4.65. The lowest BCUT2D eigenvalue weighted by molar-refractivity contribution is 0.378. The van der Waals surface area contributed by atoms with Crippen molar-refractivity contribution in [1.82, 2.24) is 9.97 Å². The highest BCUT2D eigenvalue weighted by atomic mass is 35.5. The first-order chi connectivity index (χ1) is 8.19. The van der Waals surface area contributed by atoms with Crippen LogP contribution < -0.4 is 16.0 Å². The summed E-state index contributed by atoms with van der Waals surface area (Å²) in [6.07, 6.45) is 1.36. The van der Waals surface area contributed by atoms with Gasteiger partial charge in [0.25, 0.3) is 0 Å². The second kappa shape index (κ2) is 4.86. The highest BCUT2D eigenvalue weighted by molar-refractivity contribution is 6.30. The van der Waals surface area contributed by atoms with Crippen LogP contribution in [0.5, 0.6) is 11.5 Å². The lowest BCUT2D eigenvalue weighted by Gasteiger charge is -2.08. The van der Waals surface area contributed by atoms with E-state index >= 15 is 0 Å². The number of halogens is 1. The molecule has 4 N–H and O–H groups in total. The number of nitrogens with two attached hydrogens (primary N) is 1. The fourth-order valence-electron chi connectivity index (χ4n) is 1.17. The first-order valence-corrected chi connectivity index (χ1v) is 5.03. The summed E-state index contributed by atoms with van der Waals surface area (Å²) in [6.45, 7) is 0. The van der Waals surface area contributed by atoms with Gasteiger partial charge in [0.05, 0.1) is 6.20 Å². The molecule has 2 aromatic rings. The Kier molecular flexibility index (Phi) is 3.27. The topological polar surface area (TPSA) is 93.3 Å². The van der Waals surface area contributed by atoms with Crippen molar-refractivity contribution in [2.45, 2.75) is 0 Å². The van der Waals surface area contributed by atoms with Crippen molar-refractivity contribution in [2.75, 3.05) is 11.2 Å². The Bertz CT molecular complexity index is 518. The van der Waals surface area contributed by atoms with E-state index in [1.54, 1.807) is 24.3 Å². The summed E-state index contributed by atoms with van der Waals surface area (Å²) in [5.41, 5.74) is 7.26. The predicted molar refractivity (Wildman–Crippen MR) is 63.4 cm³/mol. The number of hydrogen-bond acceptors (Lipinski definition) is 6. The van der Waals surface area contributed by atoms with Crippen molar-refractivity contribution < 1.29 is 9.94 Å². The quantitative estimate of drug-likeness (QED) is 0.726. The Morgan fingerprint density at radius 1 is 1.29 bits per heavy atom. The number of nitrogens with zero attached hydrogens (tertiary/aromatic N) is 2. The standard InChI is InChI=1S/C10H9ClN4O2/c11-6-1-3-7(4-2-6)17-8-5-13-10(12)14-9(8)15-16/h1-5,16H,(H3,12,13,14,15). The van der Waals surface area contributed by atoms with E-state index in [1.165, 1.54) is 6.20 Å². The predicted octanol–water partition coefficient (Wildman–Crippen LogP) is 2.31. The lowest BCUT2D eigenvalue weighted by atomic mass is 10.3. The summed E-state index contributed by atoms with van der Waals surface area (Å²) in [5, 5.41) is 9.47. The molecular formula is C10H9ClN4O2. The highest BCUT2D eigenvalue weighted by Crippen LogP contribution is 2.27. The molecule has 0 fully saturated rings. The van der Waals surface area contributed by atoms with E-state index in [-0.39, 0.29) is 17.5 Å². The van der Waals surface area contributed by atoms with Crippen molar-refractivity contribution in [3.63, 3.8) is 0 Å². The number of nitrogen functional groups attached to an aromatic ring is 1. The van der Waals surface area contributed by atoms with E-state index < -0.39 is 0 Å². The molecule has 0 aliphatic rings. The minimum atomic E-state index is 0.0324. The molecule has 6 nitrogen and oxygen atoms in total. The van der Waals surface area contributed by atoms with Crippen molar-refractivity contribution in [2.24, 2.45) is 0 Å². The summed E-state index contributed by atoms with van der Waals surface area (Å²) in [6, 6.07) is 6.72. The van der Waals surface area contributed by atoms with E-state index in [2.05, 4.69) is 9.97 Å². The van der Waals surface area contributed by atoms with Crippen LogP contribution in [-0.2, 0) is 0 Å². The zero-order valence-corrected chi connectivity index (χ0v) is 9.35. The summed E-state index contributed by atoms with van der Waals surface area (Å²) in [5.74, 6) is 0.917. The van der Waals surface area contributed by atoms with E-state index in [0.29, 0.717) is 10.8 Å². The smallest absolute Gasteiger partial charge is 0.222 e. The average Bonchev–Trinajstić information content (AvgIpc) is 2.34. The largest absolute Gasteiger partial charge is 0.452 e.